The number of aldehydes is 1. The third-order valence-corrected chi connectivity index (χ3v) is 2.25. The average molecular weight is 177 g/mol. The fourth-order valence-electron chi connectivity index (χ4n) is 1.44. The second kappa shape index (κ2) is 4.65. The zero-order valence-electron chi connectivity index (χ0n) is 7.78. The highest BCUT2D eigenvalue weighted by molar-refractivity contribution is 5.54. The van der Waals surface area contributed by atoms with Gasteiger partial charge in [0.25, 0.3) is 0 Å². The van der Waals surface area contributed by atoms with Crippen LogP contribution in [0.1, 0.15) is 6.42 Å². The molecule has 1 heterocycles. The highest BCUT2D eigenvalue weighted by atomic mass is 16.1. The molecule has 0 bridgehead atoms. The number of nitrogens with zero attached hydrogens (tertiary/aromatic N) is 1. The SMILES string of the molecule is C=C/C=C\C(=C)N1CCC(C=O)C1. The van der Waals surface area contributed by atoms with Crippen LogP contribution in [0.2, 0.25) is 0 Å². The average Bonchev–Trinajstić information content (AvgIpc) is 2.62. The molecule has 0 amide bonds. The minimum absolute atomic E-state index is 0.189. The molecule has 1 fully saturated rings. The van der Waals surface area contributed by atoms with E-state index in [-0.39, 0.29) is 5.92 Å². The van der Waals surface area contributed by atoms with Gasteiger partial charge in [0.1, 0.15) is 6.29 Å². The van der Waals surface area contributed by atoms with Gasteiger partial charge >= 0.3 is 0 Å². The molecule has 1 unspecified atom stereocenters. The highest BCUT2D eigenvalue weighted by Gasteiger charge is 2.21. The summed E-state index contributed by atoms with van der Waals surface area (Å²) in [6.07, 6.45) is 7.48. The molecule has 1 saturated heterocycles. The zero-order chi connectivity index (χ0) is 9.68. The van der Waals surface area contributed by atoms with E-state index < -0.39 is 0 Å². The second-order valence-corrected chi connectivity index (χ2v) is 3.22. The summed E-state index contributed by atoms with van der Waals surface area (Å²) < 4.78 is 0. The van der Waals surface area contributed by atoms with Gasteiger partial charge in [0.05, 0.1) is 0 Å². The molecule has 0 spiro atoms. The number of carbonyl (C=O) groups is 1. The molecule has 1 rings (SSSR count). The third-order valence-electron chi connectivity index (χ3n) is 2.25. The number of hydrogen-bond acceptors (Lipinski definition) is 2. The van der Waals surface area contributed by atoms with E-state index in [4.69, 9.17) is 0 Å². The van der Waals surface area contributed by atoms with Gasteiger partial charge in [-0.05, 0) is 12.5 Å². The Hall–Kier alpha value is -1.31. The molecule has 0 aliphatic carbocycles. The lowest BCUT2D eigenvalue weighted by atomic mass is 10.1. The normalized spacial score (nSPS) is 22.2. The Labute approximate surface area is 79.2 Å². The predicted octanol–water partition coefficient (Wildman–Crippen LogP) is 1.76. The quantitative estimate of drug-likeness (QED) is 0.482. The molecule has 1 aliphatic heterocycles. The fraction of sp³-hybridized carbons (Fsp3) is 0.364. The Kier molecular flexibility index (Phi) is 3.50. The van der Waals surface area contributed by atoms with Gasteiger partial charge < -0.3 is 9.69 Å². The van der Waals surface area contributed by atoms with E-state index in [9.17, 15) is 4.79 Å². The summed E-state index contributed by atoms with van der Waals surface area (Å²) in [5, 5.41) is 0. The van der Waals surface area contributed by atoms with Crippen molar-refractivity contribution < 1.29 is 4.79 Å². The van der Waals surface area contributed by atoms with Crippen molar-refractivity contribution in [3.63, 3.8) is 0 Å². The molecular weight excluding hydrogens is 162 g/mol. The van der Waals surface area contributed by atoms with Crippen molar-refractivity contribution in [1.82, 2.24) is 4.90 Å². The first-order valence-electron chi connectivity index (χ1n) is 4.46. The lowest BCUT2D eigenvalue weighted by molar-refractivity contribution is -0.110. The summed E-state index contributed by atoms with van der Waals surface area (Å²) in [5.74, 6) is 0.189. The number of allylic oxidation sites excluding steroid dienone is 3. The van der Waals surface area contributed by atoms with Crippen LogP contribution in [-0.2, 0) is 4.79 Å². The van der Waals surface area contributed by atoms with Gasteiger partial charge in [-0.1, -0.05) is 25.3 Å². The summed E-state index contributed by atoms with van der Waals surface area (Å²) in [6.45, 7) is 9.25. The Morgan fingerprint density at radius 3 is 2.85 bits per heavy atom. The number of likely N-dealkylation sites (tertiary alicyclic amines) is 1. The summed E-state index contributed by atoms with van der Waals surface area (Å²) >= 11 is 0. The highest BCUT2D eigenvalue weighted by Crippen LogP contribution is 2.18. The van der Waals surface area contributed by atoms with Crippen LogP contribution in [0.25, 0.3) is 0 Å². The minimum atomic E-state index is 0.189. The second-order valence-electron chi connectivity index (χ2n) is 3.22. The lowest BCUT2D eigenvalue weighted by Crippen LogP contribution is -2.18. The Morgan fingerprint density at radius 2 is 2.31 bits per heavy atom. The van der Waals surface area contributed by atoms with Crippen LogP contribution in [0.3, 0.4) is 0 Å². The molecule has 0 saturated carbocycles. The van der Waals surface area contributed by atoms with Crippen LogP contribution in [0.5, 0.6) is 0 Å². The van der Waals surface area contributed by atoms with Crippen molar-refractivity contribution >= 4 is 6.29 Å². The Bertz CT molecular complexity index is 242. The maximum Gasteiger partial charge on any atom is 0.124 e. The summed E-state index contributed by atoms with van der Waals surface area (Å²) in [5.41, 5.74) is 0.962. The van der Waals surface area contributed by atoms with Crippen LogP contribution in [0, 0.1) is 5.92 Å². The topological polar surface area (TPSA) is 20.3 Å². The molecule has 2 heteroatoms. The summed E-state index contributed by atoms with van der Waals surface area (Å²) in [6, 6.07) is 0. The molecule has 0 aromatic rings. The van der Waals surface area contributed by atoms with Crippen molar-refractivity contribution in [2.45, 2.75) is 6.42 Å². The van der Waals surface area contributed by atoms with E-state index >= 15 is 0 Å². The van der Waals surface area contributed by atoms with Crippen molar-refractivity contribution in [1.29, 1.82) is 0 Å². The molecule has 70 valence electrons. The summed E-state index contributed by atoms with van der Waals surface area (Å²) in [4.78, 5) is 12.6. The van der Waals surface area contributed by atoms with Gasteiger partial charge in [-0.2, -0.15) is 0 Å². The van der Waals surface area contributed by atoms with E-state index in [1.54, 1.807) is 6.08 Å². The smallest absolute Gasteiger partial charge is 0.124 e. The van der Waals surface area contributed by atoms with Crippen LogP contribution in [-0.4, -0.2) is 24.3 Å². The zero-order valence-corrected chi connectivity index (χ0v) is 7.78. The van der Waals surface area contributed by atoms with Crippen LogP contribution in [0.4, 0.5) is 0 Å². The maximum atomic E-state index is 10.5. The van der Waals surface area contributed by atoms with E-state index in [2.05, 4.69) is 18.1 Å². The van der Waals surface area contributed by atoms with Gasteiger partial charge in [0.2, 0.25) is 0 Å². The molecule has 1 aliphatic rings. The van der Waals surface area contributed by atoms with Crippen LogP contribution in [0.15, 0.2) is 37.1 Å². The van der Waals surface area contributed by atoms with Gasteiger partial charge in [-0.25, -0.2) is 0 Å². The molecule has 0 radical (unpaired) electrons. The van der Waals surface area contributed by atoms with Crippen molar-refractivity contribution in [3.8, 4) is 0 Å². The van der Waals surface area contributed by atoms with Crippen LogP contribution >= 0.6 is 0 Å². The molecule has 0 N–H and O–H groups in total. The Morgan fingerprint density at radius 1 is 1.54 bits per heavy atom. The minimum Gasteiger partial charge on any atom is -0.371 e. The predicted molar refractivity (Wildman–Crippen MR) is 54.2 cm³/mol. The van der Waals surface area contributed by atoms with E-state index in [0.717, 1.165) is 31.5 Å². The number of carbonyl (C=O) groups excluding carboxylic acids is 1. The molecule has 0 aromatic heterocycles. The first-order valence-corrected chi connectivity index (χ1v) is 4.46. The van der Waals surface area contributed by atoms with Crippen molar-refractivity contribution in [2.24, 2.45) is 5.92 Å². The van der Waals surface area contributed by atoms with Crippen molar-refractivity contribution in [3.05, 3.63) is 37.1 Å². The van der Waals surface area contributed by atoms with Gasteiger partial charge in [0, 0.05) is 24.7 Å². The summed E-state index contributed by atoms with van der Waals surface area (Å²) in [7, 11) is 0. The van der Waals surface area contributed by atoms with E-state index in [0.29, 0.717) is 0 Å². The van der Waals surface area contributed by atoms with E-state index in [1.807, 2.05) is 12.2 Å². The first-order chi connectivity index (χ1) is 6.27. The van der Waals surface area contributed by atoms with Crippen LogP contribution < -0.4 is 0 Å². The first kappa shape index (κ1) is 9.78. The Balaban J connectivity index is 2.46. The van der Waals surface area contributed by atoms with E-state index in [1.165, 1.54) is 0 Å². The number of rotatable bonds is 4. The molecule has 2 nitrogen and oxygen atoms in total. The fourth-order valence-corrected chi connectivity index (χ4v) is 1.44. The third kappa shape index (κ3) is 2.58. The largest absolute Gasteiger partial charge is 0.371 e. The van der Waals surface area contributed by atoms with Gasteiger partial charge in [-0.15, -0.1) is 0 Å². The monoisotopic (exact) mass is 177 g/mol. The van der Waals surface area contributed by atoms with Gasteiger partial charge in [0.15, 0.2) is 0 Å². The molecule has 1 atom stereocenters. The standard InChI is InChI=1S/C11H15NO/c1-3-4-5-10(2)12-7-6-11(8-12)9-13/h3-5,9,11H,1-2,6-8H2/b5-4-. The molecule has 0 aromatic carbocycles. The number of hydrogen-bond donors (Lipinski definition) is 0. The van der Waals surface area contributed by atoms with Gasteiger partial charge in [-0.3, -0.25) is 0 Å². The lowest BCUT2D eigenvalue weighted by Gasteiger charge is -2.17. The van der Waals surface area contributed by atoms with Crippen molar-refractivity contribution in [2.75, 3.05) is 13.1 Å². The molecular formula is C11H15NO. The maximum absolute atomic E-state index is 10.5. The molecule has 13 heavy (non-hydrogen) atoms.